The molecule has 1 atom stereocenters. The van der Waals surface area contributed by atoms with Gasteiger partial charge in [0.2, 0.25) is 0 Å². The number of ether oxygens (including phenoxy) is 1. The van der Waals surface area contributed by atoms with Gasteiger partial charge in [-0.3, -0.25) is 4.79 Å². The summed E-state index contributed by atoms with van der Waals surface area (Å²) in [5.74, 6) is -0.307. The summed E-state index contributed by atoms with van der Waals surface area (Å²) in [5, 5.41) is 2.73. The summed E-state index contributed by atoms with van der Waals surface area (Å²) in [6.07, 6.45) is 1.81. The summed E-state index contributed by atoms with van der Waals surface area (Å²) in [6, 6.07) is 5.75. The first-order valence-corrected chi connectivity index (χ1v) is 6.87. The highest BCUT2D eigenvalue weighted by atomic mass is 79.9. The number of nitrogens with one attached hydrogen (secondary N) is 1. The van der Waals surface area contributed by atoms with E-state index in [1.54, 1.807) is 6.07 Å². The third-order valence-electron chi connectivity index (χ3n) is 2.39. The lowest BCUT2D eigenvalue weighted by molar-refractivity contribution is -0.0498. The van der Waals surface area contributed by atoms with Gasteiger partial charge in [0.05, 0.1) is 0 Å². The van der Waals surface area contributed by atoms with Gasteiger partial charge < -0.3 is 10.1 Å². The van der Waals surface area contributed by atoms with E-state index < -0.39 is 6.61 Å². The fourth-order valence-electron chi connectivity index (χ4n) is 1.50. The van der Waals surface area contributed by atoms with Crippen LogP contribution >= 0.6 is 15.9 Å². The number of alkyl halides is 3. The molecule has 0 saturated carbocycles. The van der Waals surface area contributed by atoms with Gasteiger partial charge in [-0.05, 0) is 31.0 Å². The van der Waals surface area contributed by atoms with Crippen molar-refractivity contribution in [3.63, 3.8) is 0 Å². The van der Waals surface area contributed by atoms with Crippen LogP contribution in [0.25, 0.3) is 0 Å². The summed E-state index contributed by atoms with van der Waals surface area (Å²) in [7, 11) is 0. The van der Waals surface area contributed by atoms with Crippen molar-refractivity contribution in [2.24, 2.45) is 0 Å². The Morgan fingerprint density at radius 2 is 2.21 bits per heavy atom. The lowest BCUT2D eigenvalue weighted by Crippen LogP contribution is -2.24. The maximum Gasteiger partial charge on any atom is 0.387 e. The number of rotatable bonds is 7. The molecule has 1 amide bonds. The minimum Gasteiger partial charge on any atom is -0.435 e. The first kappa shape index (κ1) is 15.9. The third kappa shape index (κ3) is 6.52. The number of hydrogen-bond donors (Lipinski definition) is 1. The molecule has 106 valence electrons. The standard InChI is InChI=1S/C13H16BrF2NO2/c1-9(14)4-3-7-17-12(18)10-5-2-6-11(8-10)19-13(15)16/h2,5-6,8-9,13H,3-4,7H2,1H3,(H,17,18). The van der Waals surface area contributed by atoms with Crippen molar-refractivity contribution < 1.29 is 18.3 Å². The van der Waals surface area contributed by atoms with E-state index in [1.165, 1.54) is 18.2 Å². The van der Waals surface area contributed by atoms with Crippen LogP contribution in [0.15, 0.2) is 24.3 Å². The number of halogens is 3. The summed E-state index contributed by atoms with van der Waals surface area (Å²) in [4.78, 5) is 12.2. The molecular weight excluding hydrogens is 320 g/mol. The van der Waals surface area contributed by atoms with E-state index in [0.717, 1.165) is 12.8 Å². The molecule has 1 rings (SSSR count). The number of benzene rings is 1. The fraction of sp³-hybridized carbons (Fsp3) is 0.462. The first-order chi connectivity index (χ1) is 8.99. The zero-order chi connectivity index (χ0) is 14.3. The van der Waals surface area contributed by atoms with E-state index in [0.29, 0.717) is 16.9 Å². The van der Waals surface area contributed by atoms with Gasteiger partial charge in [0.1, 0.15) is 5.75 Å². The van der Waals surface area contributed by atoms with E-state index in [9.17, 15) is 13.6 Å². The number of carbonyl (C=O) groups is 1. The van der Waals surface area contributed by atoms with Gasteiger partial charge in [0.25, 0.3) is 5.91 Å². The summed E-state index contributed by atoms with van der Waals surface area (Å²) in [5.41, 5.74) is 0.310. The SMILES string of the molecule is CC(Br)CCCNC(=O)c1cccc(OC(F)F)c1. The Hall–Kier alpha value is -1.17. The largest absolute Gasteiger partial charge is 0.435 e. The zero-order valence-corrected chi connectivity index (χ0v) is 12.1. The van der Waals surface area contributed by atoms with Crippen molar-refractivity contribution in [1.29, 1.82) is 0 Å². The highest BCUT2D eigenvalue weighted by molar-refractivity contribution is 9.09. The molecule has 0 radical (unpaired) electrons. The Balaban J connectivity index is 2.47. The van der Waals surface area contributed by atoms with E-state index in [-0.39, 0.29) is 11.7 Å². The van der Waals surface area contributed by atoms with Gasteiger partial charge in [0, 0.05) is 16.9 Å². The lowest BCUT2D eigenvalue weighted by Gasteiger charge is -2.08. The van der Waals surface area contributed by atoms with Crippen molar-refractivity contribution in [3.8, 4) is 5.75 Å². The molecule has 0 aliphatic rings. The van der Waals surface area contributed by atoms with Crippen molar-refractivity contribution in [1.82, 2.24) is 5.32 Å². The van der Waals surface area contributed by atoms with Crippen LogP contribution in [-0.4, -0.2) is 23.9 Å². The molecule has 19 heavy (non-hydrogen) atoms. The van der Waals surface area contributed by atoms with Crippen molar-refractivity contribution in [2.45, 2.75) is 31.2 Å². The van der Waals surface area contributed by atoms with Crippen LogP contribution in [0.2, 0.25) is 0 Å². The topological polar surface area (TPSA) is 38.3 Å². The van der Waals surface area contributed by atoms with Gasteiger partial charge in [-0.1, -0.05) is 28.9 Å². The molecule has 0 spiro atoms. The average molecular weight is 336 g/mol. The molecule has 1 aromatic rings. The molecular formula is C13H16BrF2NO2. The molecule has 1 unspecified atom stereocenters. The molecule has 0 saturated heterocycles. The van der Waals surface area contributed by atoms with Crippen LogP contribution < -0.4 is 10.1 Å². The normalized spacial score (nSPS) is 12.3. The average Bonchev–Trinajstić information content (AvgIpc) is 2.33. The Morgan fingerprint density at radius 3 is 2.84 bits per heavy atom. The Bertz CT molecular complexity index is 413. The summed E-state index contributed by atoms with van der Waals surface area (Å²) in [6.45, 7) is -0.305. The van der Waals surface area contributed by atoms with Crippen LogP contribution in [0.4, 0.5) is 8.78 Å². The van der Waals surface area contributed by atoms with Gasteiger partial charge in [-0.25, -0.2) is 0 Å². The zero-order valence-electron chi connectivity index (χ0n) is 10.5. The molecule has 0 fully saturated rings. The molecule has 6 heteroatoms. The molecule has 0 heterocycles. The van der Waals surface area contributed by atoms with Gasteiger partial charge in [-0.2, -0.15) is 8.78 Å². The Labute approximate surface area is 119 Å². The van der Waals surface area contributed by atoms with Crippen LogP contribution in [0, 0.1) is 0 Å². The van der Waals surface area contributed by atoms with Crippen molar-refractivity contribution in [3.05, 3.63) is 29.8 Å². The first-order valence-electron chi connectivity index (χ1n) is 5.96. The predicted octanol–water partition coefficient (Wildman–Crippen LogP) is 3.58. The second-order valence-corrected chi connectivity index (χ2v) is 5.65. The molecule has 0 aliphatic carbocycles. The van der Waals surface area contributed by atoms with Gasteiger partial charge in [0.15, 0.2) is 0 Å². The molecule has 3 nitrogen and oxygen atoms in total. The second-order valence-electron chi connectivity index (χ2n) is 4.09. The van der Waals surface area contributed by atoms with Crippen LogP contribution in [0.5, 0.6) is 5.75 Å². The minimum atomic E-state index is -2.89. The molecule has 1 N–H and O–H groups in total. The number of hydrogen-bond acceptors (Lipinski definition) is 2. The smallest absolute Gasteiger partial charge is 0.387 e. The van der Waals surface area contributed by atoms with Gasteiger partial charge in [-0.15, -0.1) is 0 Å². The highest BCUT2D eigenvalue weighted by Crippen LogP contribution is 2.15. The molecule has 0 aliphatic heterocycles. The maximum atomic E-state index is 12.1. The van der Waals surface area contributed by atoms with Crippen LogP contribution in [0.1, 0.15) is 30.1 Å². The van der Waals surface area contributed by atoms with Crippen molar-refractivity contribution in [2.75, 3.05) is 6.54 Å². The van der Waals surface area contributed by atoms with E-state index in [1.807, 2.05) is 6.92 Å². The van der Waals surface area contributed by atoms with Gasteiger partial charge >= 0.3 is 6.61 Å². The van der Waals surface area contributed by atoms with Crippen molar-refractivity contribution >= 4 is 21.8 Å². The van der Waals surface area contributed by atoms with Crippen LogP contribution in [-0.2, 0) is 0 Å². The monoisotopic (exact) mass is 335 g/mol. The maximum absolute atomic E-state index is 12.1. The Kier molecular flexibility index (Phi) is 6.77. The fourth-order valence-corrected chi connectivity index (χ4v) is 1.82. The second kappa shape index (κ2) is 8.09. The minimum absolute atomic E-state index is 0.0169. The van der Waals surface area contributed by atoms with Crippen LogP contribution in [0.3, 0.4) is 0 Å². The lowest BCUT2D eigenvalue weighted by atomic mass is 10.2. The third-order valence-corrected chi connectivity index (χ3v) is 2.84. The summed E-state index contributed by atoms with van der Waals surface area (Å²) >= 11 is 3.42. The molecule has 0 aromatic heterocycles. The van der Waals surface area contributed by atoms with E-state index in [2.05, 4.69) is 26.0 Å². The number of amides is 1. The predicted molar refractivity (Wildman–Crippen MR) is 73.0 cm³/mol. The van der Waals surface area contributed by atoms with E-state index >= 15 is 0 Å². The quantitative estimate of drug-likeness (QED) is 0.611. The highest BCUT2D eigenvalue weighted by Gasteiger charge is 2.09. The molecule has 0 bridgehead atoms. The summed E-state index contributed by atoms with van der Waals surface area (Å²) < 4.78 is 28.3. The Morgan fingerprint density at radius 1 is 1.47 bits per heavy atom. The number of carbonyl (C=O) groups excluding carboxylic acids is 1. The molecule has 1 aromatic carbocycles. The van der Waals surface area contributed by atoms with E-state index in [4.69, 9.17) is 0 Å².